The second kappa shape index (κ2) is 9.12. The molecule has 2 fully saturated rings. The van der Waals surface area contributed by atoms with Gasteiger partial charge < -0.3 is 19.4 Å². The molecule has 2 aliphatic carbocycles. The van der Waals surface area contributed by atoms with Crippen molar-refractivity contribution in [3.63, 3.8) is 0 Å². The summed E-state index contributed by atoms with van der Waals surface area (Å²) in [5, 5.41) is 20.9. The standard InChI is InChI=1S/C20H25NO4.Na/c1-24-17-7-6-15(12-18(17)25-16-4-2-3-5-16)20(13-21)10-8-14(9-11-20)19(22)23;/h6-7,12,14,16H,2-5,8-11H2,1H3,(H,22,23);/q;+1/p-1/t14-,20+;. The van der Waals surface area contributed by atoms with Gasteiger partial charge in [-0.25, -0.2) is 0 Å². The molecular weight excluding hydrogens is 341 g/mol. The molecular formula is C20H24NNaO4. The third kappa shape index (κ3) is 4.36. The molecule has 0 heterocycles. The van der Waals surface area contributed by atoms with Crippen molar-refractivity contribution in [1.29, 1.82) is 5.26 Å². The first kappa shape index (κ1) is 21.1. The van der Waals surface area contributed by atoms with Crippen LogP contribution in [0.3, 0.4) is 0 Å². The van der Waals surface area contributed by atoms with Crippen molar-refractivity contribution in [1.82, 2.24) is 0 Å². The van der Waals surface area contributed by atoms with Crippen LogP contribution in [0.5, 0.6) is 11.5 Å². The number of hydrogen-bond donors (Lipinski definition) is 0. The maximum absolute atomic E-state index is 11.1. The SMILES string of the molecule is COc1ccc([C@]2(C#N)CC[C@H](C(=O)[O-])CC2)cc1OC1CCCC1.[Na+]. The number of carboxylic acid groups (broad SMARTS) is 1. The van der Waals surface area contributed by atoms with Gasteiger partial charge in [-0.15, -0.1) is 0 Å². The van der Waals surface area contributed by atoms with Gasteiger partial charge in [0.1, 0.15) is 0 Å². The van der Waals surface area contributed by atoms with Crippen LogP contribution in [0.15, 0.2) is 18.2 Å². The second-order valence-corrected chi connectivity index (χ2v) is 7.18. The first-order chi connectivity index (χ1) is 12.1. The molecule has 0 amide bonds. The molecule has 2 aliphatic rings. The number of ether oxygens (including phenoxy) is 2. The predicted octanol–water partition coefficient (Wildman–Crippen LogP) is -0.278. The fourth-order valence-corrected chi connectivity index (χ4v) is 4.06. The van der Waals surface area contributed by atoms with E-state index in [0.717, 1.165) is 18.4 Å². The average molecular weight is 365 g/mol. The summed E-state index contributed by atoms with van der Waals surface area (Å²) in [5.74, 6) is -0.101. The molecule has 0 atom stereocenters. The zero-order chi connectivity index (χ0) is 17.9. The minimum Gasteiger partial charge on any atom is -0.550 e. The number of carboxylic acids is 1. The van der Waals surface area contributed by atoms with Gasteiger partial charge >= 0.3 is 29.6 Å². The summed E-state index contributed by atoms with van der Waals surface area (Å²) >= 11 is 0. The summed E-state index contributed by atoms with van der Waals surface area (Å²) in [6.45, 7) is 0. The van der Waals surface area contributed by atoms with Crippen molar-refractivity contribution in [2.75, 3.05) is 7.11 Å². The topological polar surface area (TPSA) is 82.4 Å². The van der Waals surface area contributed by atoms with Gasteiger partial charge in [0.15, 0.2) is 11.5 Å². The molecule has 5 nitrogen and oxygen atoms in total. The van der Waals surface area contributed by atoms with E-state index >= 15 is 0 Å². The Morgan fingerprint density at radius 2 is 1.85 bits per heavy atom. The Balaban J connectivity index is 0.00000243. The quantitative estimate of drug-likeness (QED) is 0.671. The third-order valence-electron chi connectivity index (χ3n) is 5.70. The van der Waals surface area contributed by atoms with E-state index in [0.29, 0.717) is 37.2 Å². The average Bonchev–Trinajstić information content (AvgIpc) is 3.14. The Kier molecular flexibility index (Phi) is 7.40. The van der Waals surface area contributed by atoms with Gasteiger partial charge in [-0.2, -0.15) is 5.26 Å². The van der Waals surface area contributed by atoms with Crippen LogP contribution in [0, 0.1) is 17.2 Å². The molecule has 1 aromatic rings. The number of aliphatic carboxylic acids is 1. The molecule has 0 N–H and O–H groups in total. The molecule has 0 saturated heterocycles. The molecule has 0 spiro atoms. The maximum atomic E-state index is 11.1. The third-order valence-corrected chi connectivity index (χ3v) is 5.70. The fourth-order valence-electron chi connectivity index (χ4n) is 4.06. The largest absolute Gasteiger partial charge is 1.00 e. The van der Waals surface area contributed by atoms with E-state index in [9.17, 15) is 15.2 Å². The zero-order valence-corrected chi connectivity index (χ0v) is 17.6. The number of methoxy groups -OCH3 is 1. The molecule has 0 aliphatic heterocycles. The van der Waals surface area contributed by atoms with E-state index in [4.69, 9.17) is 9.47 Å². The smallest absolute Gasteiger partial charge is 0.550 e. The summed E-state index contributed by atoms with van der Waals surface area (Å²) in [4.78, 5) is 11.1. The van der Waals surface area contributed by atoms with E-state index in [1.165, 1.54) is 12.8 Å². The summed E-state index contributed by atoms with van der Waals surface area (Å²) in [7, 11) is 1.61. The molecule has 26 heavy (non-hydrogen) atoms. The van der Waals surface area contributed by atoms with E-state index in [-0.39, 0.29) is 35.7 Å². The van der Waals surface area contributed by atoms with Crippen molar-refractivity contribution in [2.45, 2.75) is 62.9 Å². The zero-order valence-electron chi connectivity index (χ0n) is 15.6. The van der Waals surface area contributed by atoms with Crippen molar-refractivity contribution in [3.8, 4) is 17.6 Å². The Bertz CT molecular complexity index is 671. The monoisotopic (exact) mass is 365 g/mol. The molecule has 134 valence electrons. The van der Waals surface area contributed by atoms with Gasteiger partial charge in [0.05, 0.1) is 24.7 Å². The molecule has 0 bridgehead atoms. The molecule has 0 aromatic heterocycles. The number of nitriles is 1. The van der Waals surface area contributed by atoms with E-state index in [1.54, 1.807) is 7.11 Å². The van der Waals surface area contributed by atoms with Crippen LogP contribution in [0.1, 0.15) is 56.9 Å². The summed E-state index contributed by atoms with van der Waals surface area (Å²) in [5.41, 5.74) is 0.229. The molecule has 1 aromatic carbocycles. The second-order valence-electron chi connectivity index (χ2n) is 7.18. The van der Waals surface area contributed by atoms with E-state index in [1.807, 2.05) is 18.2 Å². The van der Waals surface area contributed by atoms with Crippen LogP contribution in [0.4, 0.5) is 0 Å². The number of rotatable bonds is 5. The first-order valence-corrected chi connectivity index (χ1v) is 9.05. The van der Waals surface area contributed by atoms with E-state index < -0.39 is 17.3 Å². The van der Waals surface area contributed by atoms with Crippen molar-refractivity contribution in [2.24, 2.45) is 5.92 Å². The normalized spacial score (nSPS) is 25.8. The van der Waals surface area contributed by atoms with Crippen LogP contribution in [0.25, 0.3) is 0 Å². The molecule has 6 heteroatoms. The van der Waals surface area contributed by atoms with Crippen molar-refractivity contribution < 1.29 is 48.9 Å². The minimum atomic E-state index is -1.01. The summed E-state index contributed by atoms with van der Waals surface area (Å²) < 4.78 is 11.6. The number of hydrogen-bond acceptors (Lipinski definition) is 5. The molecule has 0 radical (unpaired) electrons. The van der Waals surface area contributed by atoms with Gasteiger partial charge in [0.25, 0.3) is 0 Å². The van der Waals surface area contributed by atoms with Crippen LogP contribution in [0.2, 0.25) is 0 Å². The van der Waals surface area contributed by atoms with Gasteiger partial charge in [-0.3, -0.25) is 0 Å². The Hall–Kier alpha value is -1.22. The Labute approximate surface area is 177 Å². The maximum Gasteiger partial charge on any atom is 1.00 e. The van der Waals surface area contributed by atoms with Crippen LogP contribution in [-0.4, -0.2) is 19.2 Å². The molecule has 3 rings (SSSR count). The van der Waals surface area contributed by atoms with Crippen LogP contribution < -0.4 is 44.1 Å². The van der Waals surface area contributed by atoms with E-state index in [2.05, 4.69) is 6.07 Å². The summed E-state index contributed by atoms with van der Waals surface area (Å²) in [6.07, 6.45) is 6.65. The predicted molar refractivity (Wildman–Crippen MR) is 90.1 cm³/mol. The summed E-state index contributed by atoms with van der Waals surface area (Å²) in [6, 6.07) is 8.11. The van der Waals surface area contributed by atoms with Gasteiger partial charge in [-0.05, 0) is 75.0 Å². The number of benzene rings is 1. The van der Waals surface area contributed by atoms with Crippen molar-refractivity contribution >= 4 is 5.97 Å². The first-order valence-electron chi connectivity index (χ1n) is 9.05. The van der Waals surface area contributed by atoms with Gasteiger partial charge in [0.2, 0.25) is 0 Å². The number of nitrogens with zero attached hydrogens (tertiary/aromatic N) is 1. The fraction of sp³-hybridized carbons (Fsp3) is 0.600. The molecule has 2 saturated carbocycles. The van der Waals surface area contributed by atoms with Crippen LogP contribution >= 0.6 is 0 Å². The minimum absolute atomic E-state index is 0. The van der Waals surface area contributed by atoms with Gasteiger partial charge in [0, 0.05) is 5.97 Å². The van der Waals surface area contributed by atoms with Crippen LogP contribution in [-0.2, 0) is 10.2 Å². The van der Waals surface area contributed by atoms with Crippen molar-refractivity contribution in [3.05, 3.63) is 23.8 Å². The van der Waals surface area contributed by atoms with Gasteiger partial charge in [-0.1, -0.05) is 6.07 Å². The molecule has 0 unspecified atom stereocenters. The Morgan fingerprint density at radius 1 is 1.19 bits per heavy atom. The number of carbonyl (C=O) groups excluding carboxylic acids is 1. The Morgan fingerprint density at radius 3 is 2.38 bits per heavy atom. The number of carbonyl (C=O) groups is 1.